The first kappa shape index (κ1) is 16.2. The summed E-state index contributed by atoms with van der Waals surface area (Å²) in [5.74, 6) is -1.71. The summed E-state index contributed by atoms with van der Waals surface area (Å²) in [4.78, 5) is 10.7. The van der Waals surface area contributed by atoms with E-state index < -0.39 is 25.8 Å². The van der Waals surface area contributed by atoms with Crippen molar-refractivity contribution in [2.24, 2.45) is 0 Å². The largest absolute Gasteiger partial charge is 0.478 e. The summed E-state index contributed by atoms with van der Waals surface area (Å²) >= 11 is 5.75. The number of rotatable bonds is 3. The Labute approximate surface area is 127 Å². The van der Waals surface area contributed by atoms with Crippen LogP contribution in [0.15, 0.2) is 23.1 Å². The van der Waals surface area contributed by atoms with Gasteiger partial charge in [-0.15, -0.1) is 0 Å². The van der Waals surface area contributed by atoms with Crippen molar-refractivity contribution in [2.45, 2.75) is 4.90 Å². The topological polar surface area (TPSA) is 109 Å². The number of aromatic carboxylic acids is 1. The Bertz CT molecular complexity index is 773. The maximum atomic E-state index is 12.4. The van der Waals surface area contributed by atoms with E-state index in [1.807, 2.05) is 0 Å². The van der Waals surface area contributed by atoms with Crippen molar-refractivity contribution in [3.63, 3.8) is 0 Å². The van der Waals surface area contributed by atoms with Gasteiger partial charge in [-0.05, 0) is 18.2 Å². The van der Waals surface area contributed by atoms with Crippen LogP contribution < -0.4 is 0 Å². The first-order valence-electron chi connectivity index (χ1n) is 5.87. The minimum absolute atomic E-state index is 0.122. The molecular formula is C11H12ClNO6S2. The highest BCUT2D eigenvalue weighted by atomic mass is 35.5. The van der Waals surface area contributed by atoms with Crippen molar-refractivity contribution in [3.05, 3.63) is 28.8 Å². The van der Waals surface area contributed by atoms with E-state index in [1.165, 1.54) is 0 Å². The minimum Gasteiger partial charge on any atom is -0.478 e. The quantitative estimate of drug-likeness (QED) is 0.845. The Balaban J connectivity index is 2.33. The van der Waals surface area contributed by atoms with E-state index in [9.17, 15) is 21.6 Å². The average Bonchev–Trinajstić information content (AvgIpc) is 2.37. The molecule has 1 heterocycles. The van der Waals surface area contributed by atoms with Crippen LogP contribution >= 0.6 is 11.6 Å². The van der Waals surface area contributed by atoms with E-state index in [4.69, 9.17) is 16.7 Å². The third kappa shape index (κ3) is 3.37. The van der Waals surface area contributed by atoms with Gasteiger partial charge in [0.15, 0.2) is 9.84 Å². The van der Waals surface area contributed by atoms with Crippen LogP contribution in [0.2, 0.25) is 5.02 Å². The van der Waals surface area contributed by atoms with Crippen molar-refractivity contribution in [3.8, 4) is 0 Å². The van der Waals surface area contributed by atoms with Crippen molar-refractivity contribution >= 4 is 37.4 Å². The van der Waals surface area contributed by atoms with Crippen molar-refractivity contribution in [1.82, 2.24) is 4.31 Å². The number of carboxylic acids is 1. The third-order valence-electron chi connectivity index (χ3n) is 3.11. The number of sulfonamides is 1. The van der Waals surface area contributed by atoms with Crippen LogP contribution in [-0.2, 0) is 19.9 Å². The molecule has 0 unspecified atom stereocenters. The van der Waals surface area contributed by atoms with Crippen LogP contribution in [0.25, 0.3) is 0 Å². The second kappa shape index (κ2) is 5.56. The highest BCUT2D eigenvalue weighted by Gasteiger charge is 2.31. The van der Waals surface area contributed by atoms with Crippen LogP contribution in [0.3, 0.4) is 0 Å². The van der Waals surface area contributed by atoms with E-state index in [1.54, 1.807) is 0 Å². The van der Waals surface area contributed by atoms with E-state index >= 15 is 0 Å². The number of nitrogens with zero attached hydrogens (tertiary/aromatic N) is 1. The first-order chi connectivity index (χ1) is 9.63. The summed E-state index contributed by atoms with van der Waals surface area (Å²) in [6.45, 7) is -0.244. The molecule has 0 radical (unpaired) electrons. The number of hydrogen-bond donors (Lipinski definition) is 1. The number of halogens is 1. The number of carbonyl (C=O) groups is 1. The second-order valence-electron chi connectivity index (χ2n) is 4.50. The molecule has 10 heteroatoms. The van der Waals surface area contributed by atoms with Crippen LogP contribution in [0, 0.1) is 0 Å². The maximum Gasteiger partial charge on any atom is 0.337 e. The van der Waals surface area contributed by atoms with Crippen molar-refractivity contribution < 1.29 is 26.7 Å². The zero-order valence-electron chi connectivity index (χ0n) is 10.7. The summed E-state index contributed by atoms with van der Waals surface area (Å²) in [5, 5.41) is 8.67. The van der Waals surface area contributed by atoms with Crippen molar-refractivity contribution in [1.29, 1.82) is 0 Å². The molecule has 116 valence electrons. The fraction of sp³-hybridized carbons (Fsp3) is 0.364. The van der Waals surface area contributed by atoms with Crippen LogP contribution in [0.5, 0.6) is 0 Å². The predicted octanol–water partition coefficient (Wildman–Crippen LogP) is 0.457. The fourth-order valence-corrected chi connectivity index (χ4v) is 5.14. The SMILES string of the molecule is O=C(O)c1ccc(S(=O)(=O)N2CCS(=O)(=O)CC2)cc1Cl. The van der Waals surface area contributed by atoms with E-state index in [-0.39, 0.29) is 40.1 Å². The lowest BCUT2D eigenvalue weighted by Gasteiger charge is -2.26. The highest BCUT2D eigenvalue weighted by molar-refractivity contribution is 7.92. The Morgan fingerprint density at radius 3 is 2.29 bits per heavy atom. The Hall–Kier alpha value is -1.16. The molecule has 1 aromatic rings. The zero-order chi connectivity index (χ0) is 15.8. The molecule has 1 aliphatic rings. The zero-order valence-corrected chi connectivity index (χ0v) is 13.1. The number of hydrogen-bond acceptors (Lipinski definition) is 5. The summed E-state index contributed by atoms with van der Waals surface area (Å²) in [5.41, 5.74) is -0.197. The molecule has 0 saturated carbocycles. The highest BCUT2D eigenvalue weighted by Crippen LogP contribution is 2.24. The van der Waals surface area contributed by atoms with Gasteiger partial charge in [-0.2, -0.15) is 4.31 Å². The summed E-state index contributed by atoms with van der Waals surface area (Å²) in [7, 11) is -7.08. The molecule has 2 rings (SSSR count). The van der Waals surface area contributed by atoms with Gasteiger partial charge >= 0.3 is 5.97 Å². The molecule has 1 aromatic carbocycles. The van der Waals surface area contributed by atoms with Gasteiger partial charge in [0.25, 0.3) is 0 Å². The molecule has 0 aliphatic carbocycles. The smallest absolute Gasteiger partial charge is 0.337 e. The van der Waals surface area contributed by atoms with Gasteiger partial charge < -0.3 is 5.11 Å². The standard InChI is InChI=1S/C11H12ClNO6S2/c12-10-7-8(1-2-9(10)11(14)15)21(18,19)13-3-5-20(16,17)6-4-13/h1-2,7H,3-6H2,(H,14,15). The second-order valence-corrected chi connectivity index (χ2v) is 9.15. The van der Waals surface area contributed by atoms with Gasteiger partial charge in [-0.25, -0.2) is 21.6 Å². The number of carboxylic acid groups (broad SMARTS) is 1. The first-order valence-corrected chi connectivity index (χ1v) is 9.51. The lowest BCUT2D eigenvalue weighted by molar-refractivity contribution is 0.0697. The third-order valence-corrected chi connectivity index (χ3v) is 6.93. The lowest BCUT2D eigenvalue weighted by Crippen LogP contribution is -2.43. The van der Waals surface area contributed by atoms with Crippen LogP contribution in [0.1, 0.15) is 10.4 Å². The summed E-state index contributed by atoms with van der Waals surface area (Å²) in [6, 6.07) is 3.31. The lowest BCUT2D eigenvalue weighted by atomic mass is 10.2. The van der Waals surface area contributed by atoms with Gasteiger partial charge in [0.1, 0.15) is 0 Å². The summed E-state index contributed by atoms with van der Waals surface area (Å²) in [6.07, 6.45) is 0. The Kier molecular flexibility index (Phi) is 4.29. The molecule has 0 spiro atoms. The molecule has 1 fully saturated rings. The fourth-order valence-electron chi connectivity index (χ4n) is 1.91. The minimum atomic E-state index is -3.89. The normalized spacial score (nSPS) is 19.3. The van der Waals surface area contributed by atoms with Crippen molar-refractivity contribution in [2.75, 3.05) is 24.6 Å². The molecule has 0 bridgehead atoms. The summed E-state index contributed by atoms with van der Waals surface area (Å²) < 4.78 is 48.4. The molecule has 0 atom stereocenters. The van der Waals surface area contributed by atoms with Crippen LogP contribution in [-0.4, -0.2) is 56.8 Å². The predicted molar refractivity (Wildman–Crippen MR) is 75.8 cm³/mol. The maximum absolute atomic E-state index is 12.4. The van der Waals surface area contributed by atoms with Gasteiger partial charge in [0, 0.05) is 13.1 Å². The molecule has 7 nitrogen and oxygen atoms in total. The molecule has 1 aliphatic heterocycles. The van der Waals surface area contributed by atoms with E-state index in [0.717, 1.165) is 22.5 Å². The van der Waals surface area contributed by atoms with E-state index in [2.05, 4.69) is 0 Å². The molecule has 1 saturated heterocycles. The Morgan fingerprint density at radius 2 is 1.81 bits per heavy atom. The average molecular weight is 354 g/mol. The van der Waals surface area contributed by atoms with Gasteiger partial charge in [0.2, 0.25) is 10.0 Å². The van der Waals surface area contributed by atoms with Gasteiger partial charge in [-0.3, -0.25) is 0 Å². The molecule has 0 amide bonds. The monoisotopic (exact) mass is 353 g/mol. The molecule has 1 N–H and O–H groups in total. The van der Waals surface area contributed by atoms with Gasteiger partial charge in [0.05, 0.1) is 27.0 Å². The molecular weight excluding hydrogens is 342 g/mol. The Morgan fingerprint density at radius 1 is 1.24 bits per heavy atom. The number of sulfone groups is 1. The molecule has 0 aromatic heterocycles. The number of benzene rings is 1. The van der Waals surface area contributed by atoms with Crippen LogP contribution in [0.4, 0.5) is 0 Å². The molecule has 21 heavy (non-hydrogen) atoms. The van der Waals surface area contributed by atoms with E-state index in [0.29, 0.717) is 0 Å². The van der Waals surface area contributed by atoms with Gasteiger partial charge in [-0.1, -0.05) is 11.6 Å².